The summed E-state index contributed by atoms with van der Waals surface area (Å²) in [7, 11) is 1.12. The second-order valence-electron chi connectivity index (χ2n) is 2.25. The molecular weight excluding hydrogens is 287 g/mol. The van der Waals surface area contributed by atoms with Crippen molar-refractivity contribution in [3.63, 3.8) is 0 Å². The number of hydrogen-bond donors (Lipinski definition) is 1. The van der Waals surface area contributed by atoms with Gasteiger partial charge in [0, 0.05) is 45.4 Å². The predicted molar refractivity (Wildman–Crippen MR) is 43.4 cm³/mol. The summed E-state index contributed by atoms with van der Waals surface area (Å²) in [6, 6.07) is -1.12. The van der Waals surface area contributed by atoms with Gasteiger partial charge >= 0.3 is 5.97 Å². The number of methoxy groups -OCH3 is 1. The molecule has 6 nitrogen and oxygen atoms in total. The molecule has 0 aromatic carbocycles. The minimum atomic E-state index is -2.40. The summed E-state index contributed by atoms with van der Waals surface area (Å²) < 4.78 is 24.8. The van der Waals surface area contributed by atoms with Gasteiger partial charge in [-0.15, -0.1) is 0 Å². The first-order chi connectivity index (χ1) is 5.97. The second-order valence-corrected chi connectivity index (χ2v) is 3.19. The molecule has 0 heterocycles. The molecule has 0 spiro atoms. The van der Waals surface area contributed by atoms with Crippen molar-refractivity contribution >= 4 is 23.0 Å². The van der Waals surface area contributed by atoms with Crippen molar-refractivity contribution in [1.29, 1.82) is 0 Å². The van der Waals surface area contributed by atoms with E-state index in [1.165, 1.54) is 6.92 Å². The van der Waals surface area contributed by atoms with Crippen molar-refractivity contribution in [3.05, 3.63) is 0 Å². The monoisotopic (exact) mass is 297 g/mol. The van der Waals surface area contributed by atoms with Crippen LogP contribution in [0.2, 0.25) is 0 Å². The van der Waals surface area contributed by atoms with Crippen LogP contribution >= 0.6 is 0 Å². The molecule has 0 aliphatic rings. The molecule has 2 atom stereocenters. The first-order valence-electron chi connectivity index (χ1n) is 3.38. The van der Waals surface area contributed by atoms with Crippen LogP contribution in [-0.4, -0.2) is 39.5 Å². The van der Waals surface area contributed by atoms with Gasteiger partial charge in [-0.1, -0.05) is 11.1 Å². The summed E-state index contributed by atoms with van der Waals surface area (Å²) in [5, 5.41) is 2.16. The fourth-order valence-corrected chi connectivity index (χ4v) is 1.18. The van der Waals surface area contributed by atoms with Crippen LogP contribution in [-0.2, 0) is 58.1 Å². The Kier molecular flexibility index (Phi) is 10.0. The molecule has 0 aliphatic carbocycles. The minimum absolute atomic E-state index is 0. The normalized spacial score (nSPS) is 13.4. The maximum Gasteiger partial charge on any atom is 0.329 e. The van der Waals surface area contributed by atoms with E-state index in [1.807, 2.05) is 0 Å². The van der Waals surface area contributed by atoms with Crippen LogP contribution in [0.15, 0.2) is 0 Å². The molecule has 0 aromatic heterocycles. The van der Waals surface area contributed by atoms with E-state index >= 15 is 0 Å². The molecule has 14 heavy (non-hydrogen) atoms. The smallest absolute Gasteiger partial charge is 0.329 e. The Bertz CT molecular complexity index is 218. The SMILES string of the molecule is COC(=O)C(CS(=O)[O-])NC(C)=O.[Y]. The molecule has 0 fully saturated rings. The third-order valence-corrected chi connectivity index (χ3v) is 1.77. The first-order valence-corrected chi connectivity index (χ1v) is 4.62. The van der Waals surface area contributed by atoms with Crippen molar-refractivity contribution in [3.8, 4) is 0 Å². The zero-order valence-corrected chi connectivity index (χ0v) is 11.5. The Morgan fingerprint density at radius 1 is 1.57 bits per heavy atom. The average molecular weight is 297 g/mol. The van der Waals surface area contributed by atoms with E-state index in [0.29, 0.717) is 0 Å². The molecular formula is C6H10NO5SY-. The topological polar surface area (TPSA) is 95.5 Å². The summed E-state index contributed by atoms with van der Waals surface area (Å²) in [6.45, 7) is 1.18. The van der Waals surface area contributed by atoms with E-state index in [-0.39, 0.29) is 32.7 Å². The third kappa shape index (κ3) is 7.55. The minimum Gasteiger partial charge on any atom is -0.772 e. The van der Waals surface area contributed by atoms with Crippen LogP contribution in [0.3, 0.4) is 0 Å². The van der Waals surface area contributed by atoms with Crippen LogP contribution in [0, 0.1) is 0 Å². The van der Waals surface area contributed by atoms with Gasteiger partial charge in [0.05, 0.1) is 7.11 Å². The van der Waals surface area contributed by atoms with Gasteiger partial charge < -0.3 is 14.6 Å². The Hall–Kier alpha value is 0.154. The van der Waals surface area contributed by atoms with E-state index in [0.717, 1.165) is 7.11 Å². The summed E-state index contributed by atoms with van der Waals surface area (Å²) in [4.78, 5) is 21.4. The fourth-order valence-electron chi connectivity index (χ4n) is 0.692. The van der Waals surface area contributed by atoms with Gasteiger partial charge in [-0.05, 0) is 0 Å². The Labute approximate surface area is 109 Å². The maximum atomic E-state index is 10.9. The summed E-state index contributed by atoms with van der Waals surface area (Å²) in [6.07, 6.45) is 0. The standard InChI is InChI=1S/C6H11NO5S.Y/c1-4(8)7-5(3-13(10)11)6(9)12-2;/h5H,3H2,1-2H3,(H,7,8)(H,10,11);/p-1. The van der Waals surface area contributed by atoms with E-state index in [9.17, 15) is 18.4 Å². The van der Waals surface area contributed by atoms with Crippen LogP contribution in [0.5, 0.6) is 0 Å². The molecule has 1 amide bonds. The molecule has 0 aromatic rings. The number of carbonyl (C=O) groups excluding carboxylic acids is 2. The van der Waals surface area contributed by atoms with Crippen molar-refractivity contribution < 1.29 is 55.8 Å². The summed E-state index contributed by atoms with van der Waals surface area (Å²) in [5.74, 6) is -1.74. The van der Waals surface area contributed by atoms with E-state index < -0.39 is 34.8 Å². The fraction of sp³-hybridized carbons (Fsp3) is 0.667. The second kappa shape index (κ2) is 8.46. The quantitative estimate of drug-likeness (QED) is 0.505. The number of amides is 1. The van der Waals surface area contributed by atoms with Crippen molar-refractivity contribution in [2.45, 2.75) is 13.0 Å². The van der Waals surface area contributed by atoms with Gasteiger partial charge in [-0.25, -0.2) is 4.79 Å². The molecule has 0 aliphatic heterocycles. The third-order valence-electron chi connectivity index (χ3n) is 1.17. The van der Waals surface area contributed by atoms with Crippen LogP contribution in [0.1, 0.15) is 6.92 Å². The number of esters is 1. The van der Waals surface area contributed by atoms with Crippen molar-refractivity contribution in [2.75, 3.05) is 12.9 Å². The molecule has 79 valence electrons. The number of carbonyl (C=O) groups is 2. The van der Waals surface area contributed by atoms with Gasteiger partial charge in [-0.3, -0.25) is 9.00 Å². The van der Waals surface area contributed by atoms with Crippen LogP contribution in [0.4, 0.5) is 0 Å². The predicted octanol–water partition coefficient (Wildman–Crippen LogP) is -1.46. The number of ether oxygens (including phenoxy) is 1. The van der Waals surface area contributed by atoms with Gasteiger partial charge in [0.15, 0.2) is 0 Å². The van der Waals surface area contributed by atoms with E-state index in [4.69, 9.17) is 0 Å². The zero-order chi connectivity index (χ0) is 10.4. The van der Waals surface area contributed by atoms with Crippen LogP contribution < -0.4 is 5.32 Å². The zero-order valence-electron chi connectivity index (χ0n) is 7.81. The Morgan fingerprint density at radius 3 is 2.36 bits per heavy atom. The summed E-state index contributed by atoms with van der Waals surface area (Å²) in [5.41, 5.74) is 0. The Morgan fingerprint density at radius 2 is 2.07 bits per heavy atom. The molecule has 1 radical (unpaired) electrons. The van der Waals surface area contributed by atoms with Crippen molar-refractivity contribution in [1.82, 2.24) is 5.32 Å². The molecule has 0 saturated heterocycles. The van der Waals surface area contributed by atoms with E-state index in [2.05, 4.69) is 10.1 Å². The molecule has 0 bridgehead atoms. The van der Waals surface area contributed by atoms with Gasteiger partial charge in [0.25, 0.3) is 0 Å². The maximum absolute atomic E-state index is 10.9. The molecule has 0 saturated carbocycles. The Balaban J connectivity index is 0. The number of rotatable bonds is 4. The van der Waals surface area contributed by atoms with Gasteiger partial charge in [0.2, 0.25) is 5.91 Å². The molecule has 1 N–H and O–H groups in total. The molecule has 8 heteroatoms. The van der Waals surface area contributed by atoms with Gasteiger partial charge in [0.1, 0.15) is 6.04 Å². The average Bonchev–Trinajstić information content (AvgIpc) is 2.00. The molecule has 2 unspecified atom stereocenters. The van der Waals surface area contributed by atoms with E-state index in [1.54, 1.807) is 0 Å². The first kappa shape index (κ1) is 16.6. The largest absolute Gasteiger partial charge is 0.772 e. The summed E-state index contributed by atoms with van der Waals surface area (Å²) >= 11 is -2.40. The van der Waals surface area contributed by atoms with Crippen molar-refractivity contribution in [2.24, 2.45) is 0 Å². The van der Waals surface area contributed by atoms with Gasteiger partial charge in [-0.2, -0.15) is 0 Å². The van der Waals surface area contributed by atoms with Crippen LogP contribution in [0.25, 0.3) is 0 Å². The number of nitrogens with one attached hydrogen (secondary N) is 1. The number of hydrogen-bond acceptors (Lipinski definition) is 5. The molecule has 0 rings (SSSR count).